The number of carbonyl (C=O) groups is 1. The lowest BCUT2D eigenvalue weighted by Gasteiger charge is -2.08. The minimum atomic E-state index is -2.05. The lowest BCUT2D eigenvalue weighted by molar-refractivity contribution is 0.102. The first kappa shape index (κ1) is 20.6. The summed E-state index contributed by atoms with van der Waals surface area (Å²) >= 11 is 0. The Morgan fingerprint density at radius 2 is 1.58 bits per heavy atom. The van der Waals surface area contributed by atoms with Crippen LogP contribution < -0.4 is 5.32 Å². The molecule has 0 saturated carbocycles. The minimum absolute atomic E-state index is 0.0475. The van der Waals surface area contributed by atoms with E-state index in [1.165, 1.54) is 5.56 Å². The molecule has 1 aromatic heterocycles. The quantitative estimate of drug-likeness (QED) is 0.233. The van der Waals surface area contributed by atoms with Crippen molar-refractivity contribution in [3.05, 3.63) is 82.9 Å². The van der Waals surface area contributed by atoms with Crippen molar-refractivity contribution in [2.75, 3.05) is 5.32 Å². The van der Waals surface area contributed by atoms with Crippen molar-refractivity contribution < 1.29 is 22.4 Å². The van der Waals surface area contributed by atoms with Crippen molar-refractivity contribution in [2.45, 2.75) is 19.8 Å². The molecule has 4 nitrogen and oxygen atoms in total. The number of benzene rings is 3. The molecule has 0 atom stereocenters. The molecule has 0 unspecified atom stereocenters. The van der Waals surface area contributed by atoms with Gasteiger partial charge in [0.1, 0.15) is 0 Å². The summed E-state index contributed by atoms with van der Waals surface area (Å²) in [5.74, 6) is -8.16. The maximum Gasteiger partial charge on any atom is 0.260 e. The molecule has 0 aliphatic rings. The highest BCUT2D eigenvalue weighted by atomic mass is 19.2. The van der Waals surface area contributed by atoms with E-state index in [-0.39, 0.29) is 5.82 Å². The summed E-state index contributed by atoms with van der Waals surface area (Å²) < 4.78 is 53.8. The summed E-state index contributed by atoms with van der Waals surface area (Å²) in [5.41, 5.74) is 2.76. The van der Waals surface area contributed by atoms with Crippen LogP contribution in [0.5, 0.6) is 0 Å². The number of nitrogens with zero attached hydrogens (tertiary/aromatic N) is 1. The molecule has 0 saturated heterocycles. The summed E-state index contributed by atoms with van der Waals surface area (Å²) in [6, 6.07) is 13.8. The largest absolute Gasteiger partial charge is 0.304 e. The van der Waals surface area contributed by atoms with Gasteiger partial charge in [-0.1, -0.05) is 44.2 Å². The highest BCUT2D eigenvalue weighted by Crippen LogP contribution is 2.29. The van der Waals surface area contributed by atoms with Crippen LogP contribution in [0.25, 0.3) is 22.0 Å². The third-order valence-electron chi connectivity index (χ3n) is 5.05. The first-order valence-electron chi connectivity index (χ1n) is 9.49. The van der Waals surface area contributed by atoms with Gasteiger partial charge in [-0.3, -0.25) is 9.89 Å². The zero-order valence-electron chi connectivity index (χ0n) is 16.6. The van der Waals surface area contributed by atoms with Gasteiger partial charge in [0.25, 0.3) is 5.91 Å². The summed E-state index contributed by atoms with van der Waals surface area (Å²) in [6.45, 7) is 4.23. The average Bonchev–Trinajstić information content (AvgIpc) is 3.16. The van der Waals surface area contributed by atoms with Gasteiger partial charge in [-0.05, 0) is 40.8 Å². The van der Waals surface area contributed by atoms with Crippen LogP contribution in [0.4, 0.5) is 23.4 Å². The Labute approximate surface area is 174 Å². The molecule has 0 bridgehead atoms. The second-order valence-corrected chi connectivity index (χ2v) is 7.41. The van der Waals surface area contributed by atoms with E-state index in [0.29, 0.717) is 22.9 Å². The van der Waals surface area contributed by atoms with Crippen LogP contribution in [-0.4, -0.2) is 16.1 Å². The minimum Gasteiger partial charge on any atom is -0.304 e. The van der Waals surface area contributed by atoms with E-state index in [4.69, 9.17) is 0 Å². The zero-order chi connectivity index (χ0) is 22.3. The lowest BCUT2D eigenvalue weighted by Crippen LogP contribution is -2.16. The molecule has 8 heteroatoms. The van der Waals surface area contributed by atoms with Gasteiger partial charge >= 0.3 is 0 Å². The highest BCUT2D eigenvalue weighted by Gasteiger charge is 2.24. The van der Waals surface area contributed by atoms with Crippen molar-refractivity contribution in [1.29, 1.82) is 0 Å². The van der Waals surface area contributed by atoms with Crippen LogP contribution in [0.1, 0.15) is 35.7 Å². The van der Waals surface area contributed by atoms with Gasteiger partial charge < -0.3 is 5.32 Å². The number of anilines is 1. The van der Waals surface area contributed by atoms with Gasteiger partial charge in [0, 0.05) is 5.39 Å². The Kier molecular flexibility index (Phi) is 5.22. The van der Waals surface area contributed by atoms with Crippen LogP contribution in [0.3, 0.4) is 0 Å². The molecule has 0 radical (unpaired) electrons. The molecule has 0 aliphatic heterocycles. The number of fused-ring (bicyclic) bond motifs is 1. The Hall–Kier alpha value is -3.68. The number of aromatic amines is 1. The van der Waals surface area contributed by atoms with Crippen LogP contribution in [0.2, 0.25) is 0 Å². The lowest BCUT2D eigenvalue weighted by atomic mass is 9.98. The van der Waals surface area contributed by atoms with E-state index in [9.17, 15) is 22.4 Å². The van der Waals surface area contributed by atoms with E-state index in [1.54, 1.807) is 6.07 Å². The van der Waals surface area contributed by atoms with Gasteiger partial charge in [-0.15, -0.1) is 0 Å². The molecule has 4 aromatic rings. The molecule has 3 aromatic carbocycles. The normalized spacial score (nSPS) is 11.3. The molecule has 2 N–H and O–H groups in total. The second kappa shape index (κ2) is 7.86. The highest BCUT2D eigenvalue weighted by molar-refractivity contribution is 6.08. The molecule has 0 fully saturated rings. The molecule has 1 amide bonds. The summed E-state index contributed by atoms with van der Waals surface area (Å²) in [5, 5.41) is 9.56. The molecular formula is C23H17F4N3O. The number of nitrogens with one attached hydrogen (secondary N) is 2. The maximum atomic E-state index is 13.9. The van der Waals surface area contributed by atoms with Crippen molar-refractivity contribution in [3.8, 4) is 11.1 Å². The van der Waals surface area contributed by atoms with Gasteiger partial charge in [-0.2, -0.15) is 5.10 Å². The molecule has 31 heavy (non-hydrogen) atoms. The van der Waals surface area contributed by atoms with Crippen LogP contribution in [-0.2, 0) is 0 Å². The predicted molar refractivity (Wildman–Crippen MR) is 110 cm³/mol. The van der Waals surface area contributed by atoms with E-state index >= 15 is 0 Å². The summed E-state index contributed by atoms with van der Waals surface area (Å²) in [7, 11) is 0. The van der Waals surface area contributed by atoms with Gasteiger partial charge in [0.2, 0.25) is 0 Å². The molecule has 0 aliphatic carbocycles. The smallest absolute Gasteiger partial charge is 0.260 e. The fourth-order valence-corrected chi connectivity index (χ4v) is 3.27. The number of hydrogen-bond donors (Lipinski definition) is 2. The third-order valence-corrected chi connectivity index (χ3v) is 5.05. The Balaban J connectivity index is 1.62. The van der Waals surface area contributed by atoms with Gasteiger partial charge in [-0.25, -0.2) is 17.6 Å². The monoisotopic (exact) mass is 427 g/mol. The molecule has 158 valence electrons. The molecule has 1 heterocycles. The number of H-pyrrole nitrogens is 1. The van der Waals surface area contributed by atoms with Crippen LogP contribution >= 0.6 is 0 Å². The third kappa shape index (κ3) is 3.76. The second-order valence-electron chi connectivity index (χ2n) is 7.41. The fraction of sp³-hybridized carbons (Fsp3) is 0.130. The number of hydrogen-bond acceptors (Lipinski definition) is 2. The Morgan fingerprint density at radius 1 is 0.903 bits per heavy atom. The SMILES string of the molecule is CC(C)c1ccc(-c2ccc3c(NC(=O)c4cc(F)c(F)c(F)c4F)n[nH]c3c2)cc1. The number of amides is 1. The molecule has 0 spiro atoms. The summed E-state index contributed by atoms with van der Waals surface area (Å²) in [4.78, 5) is 12.3. The van der Waals surface area contributed by atoms with Crippen LogP contribution in [0.15, 0.2) is 48.5 Å². The molecular weight excluding hydrogens is 410 g/mol. The van der Waals surface area contributed by atoms with Crippen molar-refractivity contribution >= 4 is 22.6 Å². The number of rotatable bonds is 4. The Bertz CT molecular complexity index is 1300. The van der Waals surface area contributed by atoms with Gasteiger partial charge in [0.05, 0.1) is 11.1 Å². The standard InChI is InChI=1S/C23H17F4N3O/c1-11(2)12-3-5-13(6-4-12)14-7-8-15-18(9-14)29-30-22(15)28-23(31)16-10-17(24)20(26)21(27)19(16)25/h3-11H,1-2H3,(H2,28,29,30,31). The van der Waals surface area contributed by atoms with Crippen molar-refractivity contribution in [1.82, 2.24) is 10.2 Å². The zero-order valence-corrected chi connectivity index (χ0v) is 16.6. The number of carbonyl (C=O) groups excluding carboxylic acids is 1. The summed E-state index contributed by atoms with van der Waals surface area (Å²) in [6.07, 6.45) is 0. The maximum absolute atomic E-state index is 13.9. The average molecular weight is 427 g/mol. The van der Waals surface area contributed by atoms with Crippen molar-refractivity contribution in [3.63, 3.8) is 0 Å². The fourth-order valence-electron chi connectivity index (χ4n) is 3.27. The number of aromatic nitrogens is 2. The Morgan fingerprint density at radius 3 is 2.26 bits per heavy atom. The van der Waals surface area contributed by atoms with E-state index in [0.717, 1.165) is 11.1 Å². The van der Waals surface area contributed by atoms with Crippen molar-refractivity contribution in [2.24, 2.45) is 0 Å². The van der Waals surface area contributed by atoms with E-state index in [2.05, 4.69) is 41.5 Å². The first-order valence-corrected chi connectivity index (χ1v) is 9.49. The van der Waals surface area contributed by atoms with E-state index in [1.807, 2.05) is 24.3 Å². The first-order chi connectivity index (χ1) is 14.8. The van der Waals surface area contributed by atoms with Crippen LogP contribution in [0, 0.1) is 23.3 Å². The van der Waals surface area contributed by atoms with E-state index < -0.39 is 34.7 Å². The number of halogens is 4. The predicted octanol–water partition coefficient (Wildman–Crippen LogP) is 6.16. The van der Waals surface area contributed by atoms with Gasteiger partial charge in [0.15, 0.2) is 29.1 Å². The molecule has 4 rings (SSSR count). The topological polar surface area (TPSA) is 57.8 Å².